The molecular weight excluding hydrogens is 1000 g/mol. The average Bonchev–Trinajstić information content (AvgIpc) is 3.73. The number of amides is 3. The minimum atomic E-state index is -1.54. The van der Waals surface area contributed by atoms with Gasteiger partial charge in [-0.1, -0.05) is 45.0 Å². The fraction of sp³-hybridized carbons (Fsp3) is 0.537. The first-order valence-corrected chi connectivity index (χ1v) is 26.4. The summed E-state index contributed by atoms with van der Waals surface area (Å²) in [5, 5.41) is 33.8. The maximum absolute atomic E-state index is 15.5. The second kappa shape index (κ2) is 26.6. The Balaban J connectivity index is 0.724. The monoisotopic (exact) mass is 1070 g/mol. The molecule has 1 aliphatic carbocycles. The van der Waals surface area contributed by atoms with Gasteiger partial charge < -0.3 is 49.6 Å². The first kappa shape index (κ1) is 57.4. The van der Waals surface area contributed by atoms with Crippen molar-refractivity contribution in [1.29, 1.82) is 5.26 Å². The highest BCUT2D eigenvalue weighted by atomic mass is 32.1. The van der Waals surface area contributed by atoms with E-state index in [0.29, 0.717) is 41.3 Å². The van der Waals surface area contributed by atoms with Gasteiger partial charge in [0.15, 0.2) is 17.2 Å². The minimum absolute atomic E-state index is 0.00347. The van der Waals surface area contributed by atoms with Crippen molar-refractivity contribution in [3.63, 3.8) is 0 Å². The summed E-state index contributed by atoms with van der Waals surface area (Å²) < 4.78 is 45.1. The number of ketones is 1. The Hall–Kier alpha value is -6.32. The molecule has 20 nitrogen and oxygen atoms in total. The van der Waals surface area contributed by atoms with E-state index in [1.807, 2.05) is 57.5 Å². The van der Waals surface area contributed by atoms with E-state index in [1.54, 1.807) is 43.5 Å². The van der Waals surface area contributed by atoms with Crippen molar-refractivity contribution in [2.24, 2.45) is 11.3 Å². The van der Waals surface area contributed by atoms with Crippen LogP contribution in [0.3, 0.4) is 0 Å². The lowest BCUT2D eigenvalue weighted by Gasteiger charge is -2.34. The number of carbonyl (C=O) groups excluding carboxylic acids is 4. The van der Waals surface area contributed by atoms with Crippen LogP contribution < -0.4 is 16.0 Å². The third-order valence-corrected chi connectivity index (χ3v) is 14.1. The molecule has 0 radical (unpaired) electrons. The number of likely N-dealkylation sites (tertiary alicyclic amines) is 1. The molecule has 5 heterocycles. The molecule has 5 aromatic rings. The number of fused-ring (bicyclic) bond motifs is 1. The summed E-state index contributed by atoms with van der Waals surface area (Å²) in [6.45, 7) is 12.4. The standard InChI is InChI=1S/C54H69FN10O10S/c1-34-48(76-33-61-34)37-9-7-35(8-10-37)26-59-51(69)45-23-40(66)31-64(45)52(70)43(53(2,3)4)22-41(67)32-74-18-17-72-14-13-71-15-16-73-19-20-75-54(5,6)46(55)30-60-50(68)42-29-57-47(24-44(42)63-39-11-12-39)65-49-38(28-62-65)21-36(25-56)27-58-49/h7-10,21,24,27-29,33,39-40,43,45-46,66H,11-20,22-23,26,30-32H2,1-6H3,(H,57,63)(H,59,69)(H,60,68)/t40-,43-,45?,46?/m1/s1. The fourth-order valence-corrected chi connectivity index (χ4v) is 9.31. The number of nitriles is 1. The number of nitrogens with one attached hydrogen (secondary N) is 3. The van der Waals surface area contributed by atoms with Gasteiger partial charge in [-0.2, -0.15) is 15.0 Å². The number of nitrogens with zero attached hydrogens (tertiary/aromatic N) is 7. The van der Waals surface area contributed by atoms with E-state index < -0.39 is 41.2 Å². The van der Waals surface area contributed by atoms with Crippen molar-refractivity contribution in [2.45, 2.75) is 104 Å². The Bertz CT molecular complexity index is 2810. The predicted octanol–water partition coefficient (Wildman–Crippen LogP) is 5.52. The summed E-state index contributed by atoms with van der Waals surface area (Å²) in [5.41, 5.74) is 4.57. The van der Waals surface area contributed by atoms with Crippen LogP contribution in [0.15, 0.2) is 60.5 Å². The molecule has 0 spiro atoms. The number of aryl methyl sites for hydroxylation is 1. The van der Waals surface area contributed by atoms with Gasteiger partial charge in [-0.3, -0.25) is 19.2 Å². The number of benzene rings is 1. The van der Waals surface area contributed by atoms with Crippen molar-refractivity contribution in [3.05, 3.63) is 82.9 Å². The Morgan fingerprint density at radius 2 is 1.58 bits per heavy atom. The molecule has 2 aliphatic rings. The molecule has 1 aliphatic heterocycles. The smallest absolute Gasteiger partial charge is 0.255 e. The highest BCUT2D eigenvalue weighted by Crippen LogP contribution is 2.34. The van der Waals surface area contributed by atoms with E-state index in [1.165, 1.54) is 22.0 Å². The number of Topliss-reactive ketones (excluding diaryl/α,β-unsaturated/α-hetero) is 1. The van der Waals surface area contributed by atoms with Crippen LogP contribution in [0.4, 0.5) is 10.1 Å². The molecule has 0 bridgehead atoms. The summed E-state index contributed by atoms with van der Waals surface area (Å²) in [7, 11) is 0. The molecule has 1 saturated carbocycles. The van der Waals surface area contributed by atoms with E-state index in [9.17, 15) is 29.5 Å². The zero-order valence-electron chi connectivity index (χ0n) is 44.0. The van der Waals surface area contributed by atoms with E-state index in [-0.39, 0.29) is 108 Å². The Kier molecular flexibility index (Phi) is 20.1. The van der Waals surface area contributed by atoms with Crippen LogP contribution in [0.5, 0.6) is 0 Å². The number of rotatable bonds is 29. The fourth-order valence-electron chi connectivity index (χ4n) is 8.50. The number of ether oxygens (including phenoxy) is 5. The highest BCUT2D eigenvalue weighted by Gasteiger charge is 2.44. The van der Waals surface area contributed by atoms with Gasteiger partial charge in [0.2, 0.25) is 11.8 Å². The summed E-state index contributed by atoms with van der Waals surface area (Å²) >= 11 is 1.57. The minimum Gasteiger partial charge on any atom is -0.391 e. The lowest BCUT2D eigenvalue weighted by atomic mass is 9.77. The van der Waals surface area contributed by atoms with Gasteiger partial charge in [-0.25, -0.2) is 19.3 Å². The molecule has 4 aromatic heterocycles. The van der Waals surface area contributed by atoms with E-state index >= 15 is 4.39 Å². The van der Waals surface area contributed by atoms with Gasteiger partial charge in [-0.05, 0) is 56.2 Å². The maximum atomic E-state index is 15.5. The van der Waals surface area contributed by atoms with Crippen LogP contribution in [-0.2, 0) is 44.6 Å². The summed E-state index contributed by atoms with van der Waals surface area (Å²) in [4.78, 5) is 69.5. The molecule has 1 saturated heterocycles. The number of β-amino-alcohol motifs (C(OH)–C–C–N with tert-alkyl or cyclic N) is 1. The van der Waals surface area contributed by atoms with Crippen molar-refractivity contribution in [2.75, 3.05) is 77.9 Å². The molecule has 22 heteroatoms. The van der Waals surface area contributed by atoms with Crippen molar-refractivity contribution >= 4 is 51.6 Å². The van der Waals surface area contributed by atoms with Crippen LogP contribution in [0.1, 0.15) is 87.5 Å². The zero-order chi connectivity index (χ0) is 54.4. The topological polar surface area (TPSA) is 254 Å². The SMILES string of the molecule is Cc1ncsc1-c1ccc(CNC(=O)C2C[C@@H](O)CN2C(=O)[C@@H](CC(=O)COCCOCCOCCOCCOC(C)(C)C(F)CNC(=O)c2cnc(-n3ncc4cc(C#N)cnc43)cc2NC2CC2)C(C)(C)C)cc1. The number of aromatic nitrogens is 5. The second-order valence-corrected chi connectivity index (χ2v) is 21.4. The Morgan fingerprint density at radius 3 is 2.22 bits per heavy atom. The third-order valence-electron chi connectivity index (χ3n) is 13.2. The number of thiazole rings is 1. The van der Waals surface area contributed by atoms with Gasteiger partial charge in [0.05, 0.1) is 110 Å². The summed E-state index contributed by atoms with van der Waals surface area (Å²) in [6.07, 6.45) is 4.01. The Labute approximate surface area is 446 Å². The van der Waals surface area contributed by atoms with Crippen molar-refractivity contribution in [1.82, 2.24) is 40.3 Å². The molecule has 76 heavy (non-hydrogen) atoms. The quantitative estimate of drug-likeness (QED) is 0.0430. The summed E-state index contributed by atoms with van der Waals surface area (Å²) in [5.74, 6) is -1.79. The molecule has 2 fully saturated rings. The largest absolute Gasteiger partial charge is 0.391 e. The van der Waals surface area contributed by atoms with E-state index in [2.05, 4.69) is 42.1 Å². The van der Waals surface area contributed by atoms with Gasteiger partial charge in [0.1, 0.15) is 24.9 Å². The molecule has 4 N–H and O–H groups in total. The molecule has 408 valence electrons. The lowest BCUT2D eigenvalue weighted by Crippen LogP contribution is -2.50. The molecule has 3 amide bonds. The van der Waals surface area contributed by atoms with E-state index in [4.69, 9.17) is 23.7 Å². The number of carbonyl (C=O) groups is 4. The van der Waals surface area contributed by atoms with Gasteiger partial charge in [-0.15, -0.1) is 11.3 Å². The van der Waals surface area contributed by atoms with Gasteiger partial charge in [0.25, 0.3) is 5.91 Å². The van der Waals surface area contributed by atoms with Gasteiger partial charge in [0, 0.05) is 61.7 Å². The highest BCUT2D eigenvalue weighted by molar-refractivity contribution is 7.13. The maximum Gasteiger partial charge on any atom is 0.255 e. The normalized spacial score (nSPS) is 16.6. The number of pyridine rings is 2. The molecule has 7 rings (SSSR count). The number of hydrogen-bond donors (Lipinski definition) is 4. The Morgan fingerprint density at radius 1 is 0.895 bits per heavy atom. The number of aliphatic hydroxyl groups is 1. The first-order chi connectivity index (χ1) is 36.4. The van der Waals surface area contributed by atoms with Gasteiger partial charge >= 0.3 is 0 Å². The van der Waals surface area contributed by atoms with Crippen molar-refractivity contribution < 1.29 is 52.4 Å². The number of anilines is 1. The molecule has 1 aromatic carbocycles. The number of alkyl halides is 1. The predicted molar refractivity (Wildman–Crippen MR) is 281 cm³/mol. The van der Waals surface area contributed by atoms with E-state index in [0.717, 1.165) is 34.5 Å². The number of hydrogen-bond acceptors (Lipinski definition) is 17. The molecule has 4 atom stereocenters. The van der Waals surface area contributed by atoms with Crippen molar-refractivity contribution in [3.8, 4) is 22.3 Å². The van der Waals surface area contributed by atoms with Crippen LogP contribution in [-0.4, -0.2) is 161 Å². The molecular formula is C54H69FN10O10S. The first-order valence-electron chi connectivity index (χ1n) is 25.6. The summed E-state index contributed by atoms with van der Waals surface area (Å²) in [6, 6.07) is 12.7. The average molecular weight is 1070 g/mol. The van der Waals surface area contributed by atoms with Crippen LogP contribution in [0.25, 0.3) is 27.3 Å². The third kappa shape index (κ3) is 15.9. The second-order valence-electron chi connectivity index (χ2n) is 20.6. The lowest BCUT2D eigenvalue weighted by molar-refractivity contribution is -0.146. The van der Waals surface area contributed by atoms with Crippen LogP contribution in [0, 0.1) is 29.6 Å². The van der Waals surface area contributed by atoms with Crippen LogP contribution >= 0.6 is 11.3 Å². The van der Waals surface area contributed by atoms with Crippen LogP contribution in [0.2, 0.25) is 0 Å². The number of aliphatic hydroxyl groups excluding tert-OH is 1. The molecule has 2 unspecified atom stereocenters. The zero-order valence-corrected chi connectivity index (χ0v) is 44.8. The number of halogens is 1.